The molecule has 1 aliphatic carbocycles. The molecule has 0 aromatic carbocycles. The van der Waals surface area contributed by atoms with Crippen LogP contribution in [-0.2, 0) is 10.4 Å². The average Bonchev–Trinajstić information content (AvgIpc) is 2.98. The Labute approximate surface area is 95.7 Å². The van der Waals surface area contributed by atoms with Crippen molar-refractivity contribution < 1.29 is 13.6 Å². The lowest BCUT2D eigenvalue weighted by molar-refractivity contribution is 0.00569. The number of nitrogens with zero attached hydrogens (tertiary/aromatic N) is 1. The Bertz CT molecular complexity index is 445. The van der Waals surface area contributed by atoms with Gasteiger partial charge in [-0.1, -0.05) is 11.6 Å². The quantitative estimate of drug-likeness (QED) is 0.810. The van der Waals surface area contributed by atoms with Crippen molar-refractivity contribution in [2.45, 2.75) is 18.1 Å². The highest BCUT2D eigenvalue weighted by Gasteiger charge is 2.62. The molecule has 0 radical (unpaired) electrons. The number of hydrogen-bond acceptors (Lipinski definition) is 3. The minimum absolute atomic E-state index is 0.00694. The number of aromatic nitrogens is 1. The van der Waals surface area contributed by atoms with Crippen LogP contribution in [0.25, 0.3) is 0 Å². The molecule has 16 heavy (non-hydrogen) atoms. The summed E-state index contributed by atoms with van der Waals surface area (Å²) in [6.45, 7) is -0.765. The van der Waals surface area contributed by atoms with Crippen LogP contribution in [-0.4, -0.2) is 17.8 Å². The third kappa shape index (κ3) is 1.28. The normalized spacial score (nSPS) is 36.2. The van der Waals surface area contributed by atoms with Gasteiger partial charge in [-0.25, -0.2) is 13.8 Å². The fourth-order valence-corrected chi connectivity index (χ4v) is 2.37. The van der Waals surface area contributed by atoms with Crippen molar-refractivity contribution in [3.63, 3.8) is 0 Å². The van der Waals surface area contributed by atoms with E-state index in [9.17, 15) is 8.78 Å². The molecule has 3 nitrogen and oxygen atoms in total. The van der Waals surface area contributed by atoms with Gasteiger partial charge >= 0.3 is 0 Å². The Balaban J connectivity index is 2.09. The molecule has 2 fully saturated rings. The van der Waals surface area contributed by atoms with E-state index < -0.39 is 18.0 Å². The number of hydroxylamine groups is 1. The number of hydrogen-bond donors (Lipinski definition) is 1. The highest BCUT2D eigenvalue weighted by atomic mass is 35.5. The van der Waals surface area contributed by atoms with Crippen molar-refractivity contribution in [3.05, 3.63) is 28.8 Å². The Morgan fingerprint density at radius 1 is 1.62 bits per heavy atom. The molecule has 1 aliphatic heterocycles. The van der Waals surface area contributed by atoms with Crippen LogP contribution >= 0.6 is 11.6 Å². The van der Waals surface area contributed by atoms with E-state index in [1.807, 2.05) is 0 Å². The Morgan fingerprint density at radius 3 is 3.00 bits per heavy atom. The van der Waals surface area contributed by atoms with E-state index >= 15 is 0 Å². The van der Waals surface area contributed by atoms with Crippen LogP contribution in [0.1, 0.15) is 12.1 Å². The third-order valence-corrected chi connectivity index (χ3v) is 3.41. The van der Waals surface area contributed by atoms with E-state index in [2.05, 4.69) is 10.5 Å². The van der Waals surface area contributed by atoms with Gasteiger partial charge in [-0.3, -0.25) is 4.84 Å². The Morgan fingerprint density at radius 2 is 2.44 bits per heavy atom. The number of rotatable bonds is 2. The van der Waals surface area contributed by atoms with Crippen molar-refractivity contribution in [2.75, 3.05) is 6.67 Å². The first kappa shape index (κ1) is 10.4. The van der Waals surface area contributed by atoms with Gasteiger partial charge in [-0.05, 0) is 18.6 Å². The molecule has 1 N–H and O–H groups in total. The summed E-state index contributed by atoms with van der Waals surface area (Å²) in [5, 5.41) is 0.148. The van der Waals surface area contributed by atoms with Crippen LogP contribution in [0.2, 0.25) is 5.15 Å². The van der Waals surface area contributed by atoms with Crippen LogP contribution in [0.5, 0.6) is 0 Å². The molecule has 2 aliphatic rings. The summed E-state index contributed by atoms with van der Waals surface area (Å²) in [4.78, 5) is 9.03. The summed E-state index contributed by atoms with van der Waals surface area (Å²) in [6.07, 6.45) is 0.695. The van der Waals surface area contributed by atoms with Gasteiger partial charge in [0.1, 0.15) is 28.9 Å². The molecule has 0 amide bonds. The first-order valence-corrected chi connectivity index (χ1v) is 5.36. The zero-order valence-corrected chi connectivity index (χ0v) is 8.97. The molecule has 1 saturated carbocycles. The molecule has 1 aromatic heterocycles. The first-order valence-electron chi connectivity index (χ1n) is 4.99. The van der Waals surface area contributed by atoms with E-state index in [4.69, 9.17) is 16.4 Å². The lowest BCUT2D eigenvalue weighted by atomic mass is 9.91. The monoisotopic (exact) mass is 246 g/mol. The van der Waals surface area contributed by atoms with Gasteiger partial charge in [0.05, 0.1) is 6.10 Å². The van der Waals surface area contributed by atoms with Gasteiger partial charge in [-0.2, -0.15) is 5.48 Å². The number of alkyl halides is 1. The van der Waals surface area contributed by atoms with Crippen molar-refractivity contribution in [2.24, 2.45) is 5.92 Å². The predicted molar refractivity (Wildman–Crippen MR) is 53.0 cm³/mol. The van der Waals surface area contributed by atoms with Gasteiger partial charge in [0.15, 0.2) is 0 Å². The van der Waals surface area contributed by atoms with Crippen LogP contribution in [0, 0.1) is 11.7 Å². The van der Waals surface area contributed by atoms with Gasteiger partial charge in [0.25, 0.3) is 0 Å². The summed E-state index contributed by atoms with van der Waals surface area (Å²) >= 11 is 5.71. The zero-order chi connectivity index (χ0) is 11.3. The van der Waals surface area contributed by atoms with Crippen LogP contribution in [0.4, 0.5) is 8.78 Å². The molecular weight excluding hydrogens is 238 g/mol. The molecular formula is C10H9ClF2N2O. The maximum atomic E-state index is 13.7. The van der Waals surface area contributed by atoms with Crippen LogP contribution in [0.15, 0.2) is 12.1 Å². The molecule has 1 aromatic rings. The summed E-state index contributed by atoms with van der Waals surface area (Å²) in [5.41, 5.74) is 1.41. The van der Waals surface area contributed by atoms with Gasteiger partial charge in [0, 0.05) is 5.92 Å². The van der Waals surface area contributed by atoms with Crippen molar-refractivity contribution in [1.29, 1.82) is 0 Å². The number of halogens is 3. The van der Waals surface area contributed by atoms with Crippen LogP contribution in [0.3, 0.4) is 0 Å². The van der Waals surface area contributed by atoms with Gasteiger partial charge in [-0.15, -0.1) is 0 Å². The van der Waals surface area contributed by atoms with Crippen molar-refractivity contribution in [1.82, 2.24) is 10.5 Å². The second-order valence-corrected chi connectivity index (χ2v) is 4.56. The fourth-order valence-electron chi connectivity index (χ4n) is 2.22. The molecule has 6 heteroatoms. The van der Waals surface area contributed by atoms with E-state index in [1.54, 1.807) is 0 Å². The van der Waals surface area contributed by atoms with E-state index in [-0.39, 0.29) is 22.9 Å². The smallest absolute Gasteiger partial charge is 0.146 e. The first-order chi connectivity index (χ1) is 7.67. The highest BCUT2D eigenvalue weighted by Crippen LogP contribution is 2.52. The average molecular weight is 247 g/mol. The minimum atomic E-state index is -1.17. The van der Waals surface area contributed by atoms with Crippen molar-refractivity contribution >= 4 is 11.6 Å². The second kappa shape index (κ2) is 3.35. The number of nitrogens with one attached hydrogen (secondary N) is 1. The fraction of sp³-hybridized carbons (Fsp3) is 0.500. The topological polar surface area (TPSA) is 34.2 Å². The molecule has 3 atom stereocenters. The van der Waals surface area contributed by atoms with E-state index in [1.165, 1.54) is 12.1 Å². The summed E-state index contributed by atoms with van der Waals surface area (Å²) in [6, 6.07) is 2.53. The van der Waals surface area contributed by atoms with E-state index in [0.29, 0.717) is 0 Å². The number of fused-ring (bicyclic) bond motifs is 1. The molecule has 3 unspecified atom stereocenters. The second-order valence-electron chi connectivity index (χ2n) is 4.17. The predicted octanol–water partition coefficient (Wildman–Crippen LogP) is 1.96. The maximum Gasteiger partial charge on any atom is 0.146 e. The maximum absolute atomic E-state index is 13.7. The standard InChI is InChI=1S/C10H9ClF2N2O/c11-8-2-1-6(13)9(14-8)10(4-12)5-3-7(5)16-15-10/h1-2,5,7,15H,3-4H2. The Hall–Kier alpha value is -0.780. The largest absolute Gasteiger partial charge is 0.297 e. The molecule has 3 rings (SSSR count). The van der Waals surface area contributed by atoms with Crippen LogP contribution < -0.4 is 5.48 Å². The molecule has 86 valence electrons. The zero-order valence-electron chi connectivity index (χ0n) is 8.21. The molecule has 2 heterocycles. The van der Waals surface area contributed by atoms with Crippen molar-refractivity contribution in [3.8, 4) is 0 Å². The lowest BCUT2D eigenvalue weighted by Crippen LogP contribution is -2.43. The lowest BCUT2D eigenvalue weighted by Gasteiger charge is -2.26. The molecule has 0 bridgehead atoms. The van der Waals surface area contributed by atoms with E-state index in [0.717, 1.165) is 6.42 Å². The minimum Gasteiger partial charge on any atom is -0.297 e. The molecule has 0 spiro atoms. The summed E-state index contributed by atoms with van der Waals surface area (Å²) in [7, 11) is 0. The summed E-state index contributed by atoms with van der Waals surface area (Å²) in [5.74, 6) is -0.622. The highest BCUT2D eigenvalue weighted by molar-refractivity contribution is 6.29. The number of pyridine rings is 1. The summed E-state index contributed by atoms with van der Waals surface area (Å²) < 4.78 is 26.9. The third-order valence-electron chi connectivity index (χ3n) is 3.20. The Kier molecular flexibility index (Phi) is 2.18. The molecule has 1 saturated heterocycles. The van der Waals surface area contributed by atoms with Gasteiger partial charge in [0.2, 0.25) is 0 Å². The van der Waals surface area contributed by atoms with Gasteiger partial charge < -0.3 is 0 Å². The SMILES string of the molecule is FCC1(c2nc(Cl)ccc2F)NOC2CC21.